The lowest BCUT2D eigenvalue weighted by Gasteiger charge is -2.13. The van der Waals surface area contributed by atoms with Crippen LogP contribution in [-0.4, -0.2) is 37.9 Å². The van der Waals surface area contributed by atoms with Gasteiger partial charge in [-0.05, 0) is 19.1 Å². The van der Waals surface area contributed by atoms with Gasteiger partial charge >= 0.3 is 0 Å². The Bertz CT molecular complexity index is 392. The number of hydrogen-bond donors (Lipinski definition) is 2. The summed E-state index contributed by atoms with van der Waals surface area (Å²) < 4.78 is 10.2. The van der Waals surface area contributed by atoms with Gasteiger partial charge in [-0.1, -0.05) is 0 Å². The van der Waals surface area contributed by atoms with E-state index in [4.69, 9.17) is 14.6 Å². The van der Waals surface area contributed by atoms with E-state index in [1.807, 2.05) is 0 Å². The smallest absolute Gasteiger partial charge is 0.255 e. The van der Waals surface area contributed by atoms with Crippen molar-refractivity contribution in [3.63, 3.8) is 0 Å². The first-order chi connectivity index (χ1) is 8.12. The molecular formula is C12H17NO4. The molecule has 1 atom stereocenters. The quantitative estimate of drug-likeness (QED) is 0.798. The average molecular weight is 239 g/mol. The molecule has 0 radical (unpaired) electrons. The summed E-state index contributed by atoms with van der Waals surface area (Å²) >= 11 is 0. The average Bonchev–Trinajstić information content (AvgIpc) is 2.37. The third kappa shape index (κ3) is 3.35. The normalized spacial score (nSPS) is 11.8. The third-order valence-electron chi connectivity index (χ3n) is 2.30. The van der Waals surface area contributed by atoms with Crippen LogP contribution in [0, 0.1) is 0 Å². The molecule has 1 amide bonds. The summed E-state index contributed by atoms with van der Waals surface area (Å²) in [6, 6.07) is 4.64. The van der Waals surface area contributed by atoms with Crippen LogP contribution in [-0.2, 0) is 0 Å². The molecule has 0 aliphatic heterocycles. The van der Waals surface area contributed by atoms with Crippen LogP contribution in [0.1, 0.15) is 17.3 Å². The summed E-state index contributed by atoms with van der Waals surface area (Å²) in [5.74, 6) is 0.770. The van der Waals surface area contributed by atoms with E-state index in [2.05, 4.69) is 5.32 Å². The van der Waals surface area contributed by atoms with Gasteiger partial charge in [-0.25, -0.2) is 0 Å². The van der Waals surface area contributed by atoms with Gasteiger partial charge in [0, 0.05) is 12.1 Å². The molecule has 0 saturated heterocycles. The van der Waals surface area contributed by atoms with Gasteiger partial charge in [-0.15, -0.1) is 0 Å². The fourth-order valence-corrected chi connectivity index (χ4v) is 1.33. The fraction of sp³-hybridized carbons (Fsp3) is 0.417. The second kappa shape index (κ2) is 6.10. The topological polar surface area (TPSA) is 67.8 Å². The van der Waals surface area contributed by atoms with Crippen LogP contribution in [0.4, 0.5) is 0 Å². The third-order valence-corrected chi connectivity index (χ3v) is 2.30. The lowest BCUT2D eigenvalue weighted by Crippen LogP contribution is -2.35. The van der Waals surface area contributed by atoms with Crippen LogP contribution in [0.5, 0.6) is 11.5 Å². The SMILES string of the molecule is COc1ccc(C(=O)N[C@H](C)CO)c(OC)c1. The highest BCUT2D eigenvalue weighted by Gasteiger charge is 2.14. The summed E-state index contributed by atoms with van der Waals surface area (Å²) in [5, 5.41) is 11.5. The van der Waals surface area contributed by atoms with Gasteiger partial charge in [0.15, 0.2) is 0 Å². The number of rotatable bonds is 5. The number of benzene rings is 1. The van der Waals surface area contributed by atoms with Gasteiger partial charge in [-0.3, -0.25) is 4.79 Å². The Hall–Kier alpha value is -1.75. The summed E-state index contributed by atoms with van der Waals surface area (Å²) in [5.41, 5.74) is 0.411. The second-order valence-electron chi connectivity index (χ2n) is 3.62. The van der Waals surface area contributed by atoms with Crippen molar-refractivity contribution in [3.05, 3.63) is 23.8 Å². The summed E-state index contributed by atoms with van der Waals surface area (Å²) in [6.45, 7) is 1.61. The minimum atomic E-state index is -0.297. The molecule has 0 saturated carbocycles. The molecule has 0 heterocycles. The number of aliphatic hydroxyl groups is 1. The predicted molar refractivity (Wildman–Crippen MR) is 63.6 cm³/mol. The Labute approximate surface area is 100 Å². The zero-order valence-corrected chi connectivity index (χ0v) is 10.2. The van der Waals surface area contributed by atoms with E-state index in [0.717, 1.165) is 0 Å². The molecule has 0 aliphatic carbocycles. The van der Waals surface area contributed by atoms with Crippen LogP contribution in [0.25, 0.3) is 0 Å². The summed E-state index contributed by atoms with van der Waals surface area (Å²) in [6.07, 6.45) is 0. The first-order valence-electron chi connectivity index (χ1n) is 5.26. The summed E-state index contributed by atoms with van der Waals surface area (Å²) in [4.78, 5) is 11.9. The monoisotopic (exact) mass is 239 g/mol. The highest BCUT2D eigenvalue weighted by Crippen LogP contribution is 2.24. The number of aliphatic hydroxyl groups excluding tert-OH is 1. The van der Waals surface area contributed by atoms with Crippen molar-refractivity contribution < 1.29 is 19.4 Å². The Morgan fingerprint density at radius 3 is 2.65 bits per heavy atom. The van der Waals surface area contributed by atoms with Crippen LogP contribution in [0.3, 0.4) is 0 Å². The van der Waals surface area contributed by atoms with Crippen molar-refractivity contribution in [2.75, 3.05) is 20.8 Å². The molecule has 0 aliphatic rings. The van der Waals surface area contributed by atoms with Crippen LogP contribution >= 0.6 is 0 Å². The predicted octanol–water partition coefficient (Wildman–Crippen LogP) is 0.814. The maximum atomic E-state index is 11.9. The molecule has 2 N–H and O–H groups in total. The van der Waals surface area contributed by atoms with E-state index in [1.165, 1.54) is 7.11 Å². The maximum Gasteiger partial charge on any atom is 0.255 e. The van der Waals surface area contributed by atoms with Crippen molar-refractivity contribution in [3.8, 4) is 11.5 Å². The van der Waals surface area contributed by atoms with Crippen LogP contribution < -0.4 is 14.8 Å². The number of hydrogen-bond acceptors (Lipinski definition) is 4. The molecule has 0 fully saturated rings. The van der Waals surface area contributed by atoms with Gasteiger partial charge in [0.25, 0.3) is 5.91 Å². The Kier molecular flexibility index (Phi) is 4.78. The van der Waals surface area contributed by atoms with E-state index < -0.39 is 0 Å². The van der Waals surface area contributed by atoms with E-state index in [1.54, 1.807) is 32.2 Å². The lowest BCUT2D eigenvalue weighted by atomic mass is 10.1. The number of ether oxygens (including phenoxy) is 2. The van der Waals surface area contributed by atoms with Gasteiger partial charge in [0.2, 0.25) is 0 Å². The van der Waals surface area contributed by atoms with Crippen molar-refractivity contribution in [2.24, 2.45) is 0 Å². The molecule has 0 spiro atoms. The number of nitrogens with one attached hydrogen (secondary N) is 1. The number of methoxy groups -OCH3 is 2. The molecule has 0 unspecified atom stereocenters. The van der Waals surface area contributed by atoms with Crippen molar-refractivity contribution in [1.29, 1.82) is 0 Å². The lowest BCUT2D eigenvalue weighted by molar-refractivity contribution is 0.0919. The number of amides is 1. The maximum absolute atomic E-state index is 11.9. The molecule has 0 bridgehead atoms. The van der Waals surface area contributed by atoms with Gasteiger partial charge in [0.1, 0.15) is 11.5 Å². The van der Waals surface area contributed by atoms with Crippen molar-refractivity contribution in [1.82, 2.24) is 5.32 Å². The second-order valence-corrected chi connectivity index (χ2v) is 3.62. The molecule has 5 nitrogen and oxygen atoms in total. The number of carbonyl (C=O) groups excluding carboxylic acids is 1. The standard InChI is InChI=1S/C12H17NO4/c1-8(7-14)13-12(15)10-5-4-9(16-2)6-11(10)17-3/h4-6,8,14H,7H2,1-3H3,(H,13,15)/t8-/m1/s1. The fourth-order valence-electron chi connectivity index (χ4n) is 1.33. The highest BCUT2D eigenvalue weighted by molar-refractivity contribution is 5.97. The largest absolute Gasteiger partial charge is 0.497 e. The molecule has 1 aromatic rings. The number of carbonyl (C=O) groups is 1. The Morgan fingerprint density at radius 1 is 1.41 bits per heavy atom. The minimum absolute atomic E-state index is 0.107. The summed E-state index contributed by atoms with van der Waals surface area (Å²) in [7, 11) is 3.03. The van der Waals surface area contributed by atoms with Gasteiger partial charge in [-0.2, -0.15) is 0 Å². The minimum Gasteiger partial charge on any atom is -0.497 e. The first kappa shape index (κ1) is 13.3. The molecule has 94 valence electrons. The molecule has 0 aromatic heterocycles. The van der Waals surface area contributed by atoms with E-state index >= 15 is 0 Å². The molecule has 17 heavy (non-hydrogen) atoms. The van der Waals surface area contributed by atoms with Gasteiger partial charge < -0.3 is 19.9 Å². The van der Waals surface area contributed by atoms with Gasteiger partial charge in [0.05, 0.1) is 26.4 Å². The highest BCUT2D eigenvalue weighted by atomic mass is 16.5. The van der Waals surface area contributed by atoms with Crippen molar-refractivity contribution in [2.45, 2.75) is 13.0 Å². The van der Waals surface area contributed by atoms with Crippen LogP contribution in [0.15, 0.2) is 18.2 Å². The zero-order valence-electron chi connectivity index (χ0n) is 10.2. The zero-order chi connectivity index (χ0) is 12.8. The Balaban J connectivity index is 2.93. The molecule has 5 heteroatoms. The van der Waals surface area contributed by atoms with Crippen molar-refractivity contribution >= 4 is 5.91 Å². The van der Waals surface area contributed by atoms with E-state index in [-0.39, 0.29) is 18.6 Å². The van der Waals surface area contributed by atoms with E-state index in [9.17, 15) is 4.79 Å². The Morgan fingerprint density at radius 2 is 2.12 bits per heavy atom. The van der Waals surface area contributed by atoms with Crippen LogP contribution in [0.2, 0.25) is 0 Å². The van der Waals surface area contributed by atoms with E-state index in [0.29, 0.717) is 17.1 Å². The molecule has 1 rings (SSSR count). The first-order valence-corrected chi connectivity index (χ1v) is 5.26. The molecule has 1 aromatic carbocycles. The molecular weight excluding hydrogens is 222 g/mol.